The van der Waals surface area contributed by atoms with E-state index in [1.807, 2.05) is 0 Å². The van der Waals surface area contributed by atoms with E-state index in [0.29, 0.717) is 5.92 Å². The summed E-state index contributed by atoms with van der Waals surface area (Å²) in [7, 11) is 0. The average Bonchev–Trinajstić information content (AvgIpc) is 3.24. The summed E-state index contributed by atoms with van der Waals surface area (Å²) in [5.41, 5.74) is 3.48. The first-order valence-corrected chi connectivity index (χ1v) is 8.32. The van der Waals surface area contributed by atoms with Crippen LogP contribution in [-0.4, -0.2) is 11.5 Å². The van der Waals surface area contributed by atoms with Gasteiger partial charge in [-0.15, -0.1) is 0 Å². The van der Waals surface area contributed by atoms with Gasteiger partial charge in [0.05, 0.1) is 5.52 Å². The molecule has 0 bridgehead atoms. The summed E-state index contributed by atoms with van der Waals surface area (Å²) < 4.78 is 2.16. The van der Waals surface area contributed by atoms with E-state index in [9.17, 15) is 0 Å². The minimum absolute atomic E-state index is 0.664. The summed E-state index contributed by atoms with van der Waals surface area (Å²) in [5, 5.41) is 4.71. The van der Waals surface area contributed by atoms with Crippen molar-refractivity contribution in [2.24, 2.45) is 0 Å². The van der Waals surface area contributed by atoms with E-state index in [0.717, 1.165) is 27.4 Å². The number of benzene rings is 1. The van der Waals surface area contributed by atoms with Gasteiger partial charge in [0.1, 0.15) is 0 Å². The van der Waals surface area contributed by atoms with Crippen molar-refractivity contribution in [3.8, 4) is 0 Å². The quantitative estimate of drug-likeness (QED) is 0.758. The van der Waals surface area contributed by atoms with E-state index >= 15 is 0 Å². The fourth-order valence-corrected chi connectivity index (χ4v) is 3.23. The number of hydrogen-bond acceptors (Lipinski definition) is 2. The van der Waals surface area contributed by atoms with Crippen molar-refractivity contribution in [1.29, 1.82) is 0 Å². The summed E-state index contributed by atoms with van der Waals surface area (Å²) >= 11 is 7.28. The van der Waals surface area contributed by atoms with Crippen LogP contribution in [0, 0.1) is 0 Å². The molecule has 2 aromatic rings. The summed E-state index contributed by atoms with van der Waals surface area (Å²) in [6, 6.07) is 6.36. The summed E-state index contributed by atoms with van der Waals surface area (Å²) in [6.07, 6.45) is 3.67. The molecule has 1 aromatic carbocycles. The minimum atomic E-state index is 0.664. The van der Waals surface area contributed by atoms with Gasteiger partial charge in [-0.2, -0.15) is 0 Å². The Morgan fingerprint density at radius 2 is 2.00 bits per heavy atom. The highest BCUT2D eigenvalue weighted by atomic mass is 79.9. The topological polar surface area (TPSA) is 24.9 Å². The molecule has 0 spiro atoms. The molecule has 1 saturated carbocycles. The van der Waals surface area contributed by atoms with Crippen LogP contribution in [0.4, 0.5) is 5.69 Å². The van der Waals surface area contributed by atoms with E-state index in [2.05, 4.69) is 62.3 Å². The Hall–Kier alpha value is -0.610. The molecular formula is C15H16Br2N2. The third kappa shape index (κ3) is 2.65. The lowest BCUT2D eigenvalue weighted by Gasteiger charge is -2.13. The van der Waals surface area contributed by atoms with Crippen molar-refractivity contribution in [1.82, 2.24) is 4.98 Å². The van der Waals surface area contributed by atoms with E-state index in [1.54, 1.807) is 0 Å². The van der Waals surface area contributed by atoms with Crippen LogP contribution in [0.15, 0.2) is 27.1 Å². The third-order valence-corrected chi connectivity index (χ3v) is 4.74. The lowest BCUT2D eigenvalue weighted by atomic mass is 10.1. The molecule has 0 atom stereocenters. The van der Waals surface area contributed by atoms with Crippen LogP contribution in [-0.2, 0) is 0 Å². The highest BCUT2D eigenvalue weighted by Gasteiger charge is 2.26. The highest BCUT2D eigenvalue weighted by Crippen LogP contribution is 2.43. The lowest BCUT2D eigenvalue weighted by Crippen LogP contribution is -2.03. The zero-order valence-corrected chi connectivity index (χ0v) is 14.0. The maximum atomic E-state index is 4.85. The fraction of sp³-hybridized carbons (Fsp3) is 0.400. The first-order valence-electron chi connectivity index (χ1n) is 6.73. The third-order valence-electron chi connectivity index (χ3n) is 3.44. The molecule has 0 amide bonds. The number of nitrogens with zero attached hydrogens (tertiary/aromatic N) is 1. The van der Waals surface area contributed by atoms with Crippen LogP contribution >= 0.6 is 31.9 Å². The maximum absolute atomic E-state index is 4.85. The van der Waals surface area contributed by atoms with Crippen molar-refractivity contribution in [2.45, 2.75) is 32.1 Å². The van der Waals surface area contributed by atoms with Crippen LogP contribution in [0.5, 0.6) is 0 Å². The molecule has 19 heavy (non-hydrogen) atoms. The number of rotatable bonds is 4. The predicted molar refractivity (Wildman–Crippen MR) is 87.9 cm³/mol. The molecule has 1 N–H and O–H groups in total. The number of fused-ring (bicyclic) bond motifs is 1. The van der Waals surface area contributed by atoms with Gasteiger partial charge in [0, 0.05) is 38.2 Å². The molecule has 100 valence electrons. The van der Waals surface area contributed by atoms with Gasteiger partial charge in [-0.05, 0) is 53.4 Å². The van der Waals surface area contributed by atoms with Gasteiger partial charge in [-0.25, -0.2) is 0 Å². The van der Waals surface area contributed by atoms with Gasteiger partial charge in [0.2, 0.25) is 0 Å². The molecular weight excluding hydrogens is 368 g/mol. The average molecular weight is 384 g/mol. The second kappa shape index (κ2) is 5.41. The molecule has 1 heterocycles. The molecule has 2 nitrogen and oxygen atoms in total. The Morgan fingerprint density at radius 3 is 2.68 bits per heavy atom. The number of halogens is 2. The molecule has 1 fully saturated rings. The molecule has 0 saturated heterocycles. The van der Waals surface area contributed by atoms with Crippen molar-refractivity contribution >= 4 is 48.5 Å². The Morgan fingerprint density at radius 1 is 1.26 bits per heavy atom. The Labute approximate surface area is 130 Å². The summed E-state index contributed by atoms with van der Waals surface area (Å²) in [6.45, 7) is 3.17. The second-order valence-corrected chi connectivity index (χ2v) is 6.76. The van der Waals surface area contributed by atoms with Gasteiger partial charge in [-0.1, -0.05) is 22.9 Å². The number of hydrogen-bond donors (Lipinski definition) is 1. The van der Waals surface area contributed by atoms with Gasteiger partial charge in [0.15, 0.2) is 0 Å². The van der Waals surface area contributed by atoms with Crippen molar-refractivity contribution < 1.29 is 0 Å². The number of anilines is 1. The van der Waals surface area contributed by atoms with E-state index in [-0.39, 0.29) is 0 Å². The van der Waals surface area contributed by atoms with E-state index in [4.69, 9.17) is 4.98 Å². The van der Waals surface area contributed by atoms with Gasteiger partial charge in [0.25, 0.3) is 0 Å². The normalized spacial score (nSPS) is 14.9. The zero-order chi connectivity index (χ0) is 13.4. The molecule has 3 rings (SSSR count). The second-order valence-electron chi connectivity index (χ2n) is 5.05. The van der Waals surface area contributed by atoms with Crippen molar-refractivity contribution in [3.63, 3.8) is 0 Å². The number of aromatic nitrogens is 1. The molecule has 0 aliphatic heterocycles. The smallest absolute Gasteiger partial charge is 0.0879 e. The predicted octanol–water partition coefficient (Wildman–Crippen LogP) is 5.46. The Kier molecular flexibility index (Phi) is 3.81. The maximum Gasteiger partial charge on any atom is 0.0879 e. The zero-order valence-electron chi connectivity index (χ0n) is 10.8. The fourth-order valence-electron chi connectivity index (χ4n) is 2.28. The minimum Gasteiger partial charge on any atom is -0.384 e. The lowest BCUT2D eigenvalue weighted by molar-refractivity contribution is 0.976. The first-order chi connectivity index (χ1) is 9.20. The largest absolute Gasteiger partial charge is 0.384 e. The van der Waals surface area contributed by atoms with Gasteiger partial charge < -0.3 is 5.32 Å². The summed E-state index contributed by atoms with van der Waals surface area (Å²) in [4.78, 5) is 4.85. The van der Waals surface area contributed by atoms with Crippen LogP contribution in [0.3, 0.4) is 0 Å². The molecule has 4 heteroatoms. The van der Waals surface area contributed by atoms with Crippen molar-refractivity contribution in [2.75, 3.05) is 11.9 Å². The monoisotopic (exact) mass is 382 g/mol. The molecule has 1 aliphatic carbocycles. The van der Waals surface area contributed by atoms with Crippen LogP contribution in [0.25, 0.3) is 10.9 Å². The van der Waals surface area contributed by atoms with Gasteiger partial charge >= 0.3 is 0 Å². The van der Waals surface area contributed by atoms with Crippen molar-refractivity contribution in [3.05, 3.63) is 32.8 Å². The van der Waals surface area contributed by atoms with Crippen LogP contribution in [0.1, 0.15) is 37.8 Å². The SMILES string of the molecule is CCCNc1cc(C2CC2)nc2c(Br)ccc(Br)c12. The number of nitrogens with one attached hydrogen (secondary N) is 1. The van der Waals surface area contributed by atoms with Crippen LogP contribution in [0.2, 0.25) is 0 Å². The first kappa shape index (κ1) is 13.4. The van der Waals surface area contributed by atoms with E-state index in [1.165, 1.54) is 29.6 Å². The number of pyridine rings is 1. The Bertz CT molecular complexity index is 621. The molecule has 0 radical (unpaired) electrons. The highest BCUT2D eigenvalue weighted by molar-refractivity contribution is 9.11. The standard InChI is InChI=1S/C15H16Br2N2/c1-2-7-18-13-8-12(9-3-4-9)19-15-11(17)6-5-10(16)14(13)15/h5-6,8-9H,2-4,7H2,1H3,(H,18,19). The van der Waals surface area contributed by atoms with Crippen LogP contribution < -0.4 is 5.32 Å². The van der Waals surface area contributed by atoms with E-state index < -0.39 is 0 Å². The molecule has 0 unspecified atom stereocenters. The molecule has 1 aliphatic rings. The Balaban J connectivity index is 2.20. The molecule has 1 aromatic heterocycles. The van der Waals surface area contributed by atoms with Gasteiger partial charge in [-0.3, -0.25) is 4.98 Å². The summed E-state index contributed by atoms with van der Waals surface area (Å²) in [5.74, 6) is 0.664.